The van der Waals surface area contributed by atoms with E-state index in [9.17, 15) is 23.0 Å². The van der Waals surface area contributed by atoms with E-state index in [1.54, 1.807) is 30.3 Å². The summed E-state index contributed by atoms with van der Waals surface area (Å²) in [4.78, 5) is 46.5. The van der Waals surface area contributed by atoms with Gasteiger partial charge in [0.15, 0.2) is 11.6 Å². The number of rotatable bonds is 0. The maximum atomic E-state index is 14.6. The maximum Gasteiger partial charge on any atom is 0.278 e. The van der Waals surface area contributed by atoms with Gasteiger partial charge >= 0.3 is 0 Å². The average Bonchev–Trinajstić information content (AvgIpc) is 2.95. The molecule has 8 bridgehead atoms. The lowest BCUT2D eigenvalue weighted by Crippen LogP contribution is -2.58. The number of aromatic nitrogens is 2. The third-order valence-electron chi connectivity index (χ3n) is 6.27. The summed E-state index contributed by atoms with van der Waals surface area (Å²) in [5.41, 5.74) is -0.641. The number of benzene rings is 2. The van der Waals surface area contributed by atoms with Crippen molar-refractivity contribution in [3.05, 3.63) is 54.5 Å². The molecule has 13 nitrogen and oxygen atoms in total. The van der Waals surface area contributed by atoms with Gasteiger partial charge in [0.1, 0.15) is 16.7 Å². The van der Waals surface area contributed by atoms with Gasteiger partial charge in [-0.3, -0.25) is 14.4 Å². The highest BCUT2D eigenvalue weighted by Gasteiger charge is 2.47. The fourth-order valence-corrected chi connectivity index (χ4v) is 4.93. The largest absolute Gasteiger partial charge is 0.466 e. The molecule has 6 rings (SSSR count). The number of carbonyl (C=O) groups is 3. The van der Waals surface area contributed by atoms with Crippen LogP contribution >= 0.6 is 0 Å². The average molecular weight is 583 g/mol. The molecule has 2 atom stereocenters. The van der Waals surface area contributed by atoms with E-state index >= 15 is 0 Å². The van der Waals surface area contributed by atoms with Crippen molar-refractivity contribution < 1.29 is 27.7 Å². The van der Waals surface area contributed by atoms with Crippen molar-refractivity contribution in [3.8, 4) is 5.75 Å². The van der Waals surface area contributed by atoms with E-state index in [0.717, 1.165) is 6.20 Å². The van der Waals surface area contributed by atoms with Crippen molar-refractivity contribution in [2.24, 2.45) is 0 Å². The lowest BCUT2D eigenvalue weighted by atomic mass is 10.0. The molecule has 41 heavy (non-hydrogen) atoms. The quantitative estimate of drug-likeness (QED) is 0.216. The molecule has 0 saturated heterocycles. The summed E-state index contributed by atoms with van der Waals surface area (Å²) in [7, 11) is -1.60. The highest BCUT2D eigenvalue weighted by atomic mass is 32.2. The Morgan fingerprint density at radius 2 is 1.76 bits per heavy atom. The summed E-state index contributed by atoms with van der Waals surface area (Å²) in [5, 5.41) is 13.9. The highest BCUT2D eigenvalue weighted by Crippen LogP contribution is 2.36. The minimum Gasteiger partial charge on any atom is -0.466 e. The van der Waals surface area contributed by atoms with Gasteiger partial charge in [0, 0.05) is 37.4 Å². The molecule has 2 aromatic carbocycles. The molecule has 1 aromatic heterocycles. The van der Waals surface area contributed by atoms with Gasteiger partial charge in [0.25, 0.3) is 17.4 Å². The molecular formula is C26H27FN8O5S. The Labute approximate surface area is 236 Å². The number of ether oxygens (including phenoxy) is 1. The first-order valence-electron chi connectivity index (χ1n) is 12.7. The van der Waals surface area contributed by atoms with Crippen LogP contribution in [0.5, 0.6) is 5.75 Å². The summed E-state index contributed by atoms with van der Waals surface area (Å²) in [6.07, 6.45) is 1.49. The maximum absolute atomic E-state index is 14.6. The smallest absolute Gasteiger partial charge is 0.278 e. The predicted molar refractivity (Wildman–Crippen MR) is 149 cm³/mol. The Hall–Kier alpha value is -4.63. The van der Waals surface area contributed by atoms with Gasteiger partial charge in [0.05, 0.1) is 16.8 Å². The summed E-state index contributed by atoms with van der Waals surface area (Å²) < 4.78 is 35.9. The van der Waals surface area contributed by atoms with Gasteiger partial charge in [-0.05, 0) is 49.7 Å². The van der Waals surface area contributed by atoms with Crippen LogP contribution in [0, 0.1) is 5.82 Å². The Kier molecular flexibility index (Phi) is 8.07. The van der Waals surface area contributed by atoms with E-state index in [1.807, 2.05) is 0 Å². The fourth-order valence-electron chi connectivity index (χ4n) is 4.04. The van der Waals surface area contributed by atoms with E-state index < -0.39 is 34.2 Å². The van der Waals surface area contributed by atoms with Crippen molar-refractivity contribution in [2.45, 2.75) is 30.3 Å². The second-order valence-electron chi connectivity index (χ2n) is 9.34. The van der Waals surface area contributed by atoms with Crippen molar-refractivity contribution in [1.82, 2.24) is 25.3 Å². The predicted octanol–water partition coefficient (Wildman–Crippen LogP) is 1.83. The number of halogens is 1. The van der Waals surface area contributed by atoms with Crippen molar-refractivity contribution in [2.75, 3.05) is 35.6 Å². The number of fused-ring (bicyclic) bond motifs is 12. The summed E-state index contributed by atoms with van der Waals surface area (Å²) in [6, 6.07) is 11.3. The molecule has 0 aliphatic carbocycles. The number of anilines is 5. The van der Waals surface area contributed by atoms with E-state index in [-0.39, 0.29) is 48.6 Å². The zero-order valence-corrected chi connectivity index (χ0v) is 22.7. The van der Waals surface area contributed by atoms with Gasteiger partial charge in [0.2, 0.25) is 11.9 Å². The van der Waals surface area contributed by atoms with Crippen molar-refractivity contribution >= 4 is 57.5 Å². The van der Waals surface area contributed by atoms with Crippen LogP contribution in [0.15, 0.2) is 53.6 Å². The molecular weight excluding hydrogens is 555 g/mol. The van der Waals surface area contributed by atoms with Gasteiger partial charge in [-0.25, -0.2) is 18.3 Å². The van der Waals surface area contributed by atoms with E-state index in [0.29, 0.717) is 29.2 Å². The van der Waals surface area contributed by atoms with Gasteiger partial charge in [-0.2, -0.15) is 4.98 Å². The molecule has 6 N–H and O–H groups in total. The normalized spacial score (nSPS) is 21.6. The first-order valence-corrected chi connectivity index (χ1v) is 13.9. The molecule has 3 aromatic rings. The van der Waals surface area contributed by atoms with Crippen LogP contribution in [0.25, 0.3) is 0 Å². The Morgan fingerprint density at radius 3 is 2.61 bits per heavy atom. The number of carbonyl (C=O) groups excluding carboxylic acids is 3. The monoisotopic (exact) mass is 582 g/mol. The lowest BCUT2D eigenvalue weighted by molar-refractivity contribution is -0.146. The van der Waals surface area contributed by atoms with E-state index in [2.05, 4.69) is 41.3 Å². The highest BCUT2D eigenvalue weighted by molar-refractivity contribution is 7.83. The number of hydrogen-bond donors (Lipinski definition) is 6. The van der Waals surface area contributed by atoms with Gasteiger partial charge in [-0.15, -0.1) is 0 Å². The number of nitrogens with one attached hydrogen (secondary N) is 6. The molecule has 4 heterocycles. The first kappa shape index (κ1) is 27.9. The topological polar surface area (TPSA) is 175 Å². The summed E-state index contributed by atoms with van der Waals surface area (Å²) in [5.74, 6) is -2.11. The van der Waals surface area contributed by atoms with Gasteiger partial charge < -0.3 is 31.3 Å². The van der Waals surface area contributed by atoms with Gasteiger partial charge in [-0.1, -0.05) is 6.07 Å². The number of hydrogen-bond acceptors (Lipinski definition) is 9. The molecule has 2 unspecified atom stereocenters. The minimum absolute atomic E-state index is 0.0726. The fraction of sp³-hybridized carbons (Fsp3) is 0.269. The van der Waals surface area contributed by atoms with Crippen LogP contribution in [0.4, 0.5) is 33.2 Å². The molecule has 0 fully saturated rings. The van der Waals surface area contributed by atoms with Crippen LogP contribution in [-0.4, -0.2) is 57.1 Å². The lowest BCUT2D eigenvalue weighted by Gasteiger charge is -2.33. The van der Waals surface area contributed by atoms with Crippen molar-refractivity contribution in [3.63, 3.8) is 0 Å². The van der Waals surface area contributed by atoms with Crippen LogP contribution in [0.2, 0.25) is 0 Å². The van der Waals surface area contributed by atoms with Crippen LogP contribution < -0.4 is 36.0 Å². The SMILES string of the molecule is CC12Oc3ccc(cc3NC1=O)Nc1nc(ncc1F)Nc1cccc(c1)S(=O)NCCC(=O)NCCCNC2=O. The number of nitrogens with zero attached hydrogens (tertiary/aromatic N) is 2. The zero-order valence-electron chi connectivity index (χ0n) is 21.9. The standard InChI is InChI=1S/C26H27FN8O5S/c1-26-23(37)29-10-3-9-28-21(36)8-11-31-41(39)17-5-2-4-15(12-17)33-25-30-14-18(27)22(35-25)32-16-6-7-20(40-26)19(13-16)34-24(26)38/h2,4-7,12-14,31H,3,8-11H2,1H3,(H,28,36)(H,29,37)(H,34,38)(H2,30,32,33,35). The minimum atomic E-state index is -1.82. The van der Waals surface area contributed by atoms with E-state index in [4.69, 9.17) is 4.74 Å². The van der Waals surface area contributed by atoms with Crippen LogP contribution in [0.1, 0.15) is 19.8 Å². The molecule has 15 heteroatoms. The third kappa shape index (κ3) is 6.41. The number of amides is 3. The third-order valence-corrected chi connectivity index (χ3v) is 7.41. The zero-order chi connectivity index (χ0) is 29.0. The van der Waals surface area contributed by atoms with E-state index in [1.165, 1.54) is 19.1 Å². The Bertz CT molecular complexity index is 1540. The summed E-state index contributed by atoms with van der Waals surface area (Å²) in [6.45, 7) is 2.01. The Balaban J connectivity index is 1.42. The first-order chi connectivity index (χ1) is 19.7. The second-order valence-corrected chi connectivity index (χ2v) is 10.6. The molecule has 0 radical (unpaired) electrons. The van der Waals surface area contributed by atoms with Crippen LogP contribution in [-0.2, 0) is 25.4 Å². The second kappa shape index (κ2) is 11.9. The van der Waals surface area contributed by atoms with Crippen LogP contribution in [0.3, 0.4) is 0 Å². The molecule has 214 valence electrons. The molecule has 0 saturated carbocycles. The molecule has 3 aliphatic heterocycles. The Morgan fingerprint density at radius 1 is 0.951 bits per heavy atom. The molecule has 3 amide bonds. The summed E-state index contributed by atoms with van der Waals surface area (Å²) >= 11 is 0. The van der Waals surface area contributed by atoms with Crippen molar-refractivity contribution in [1.29, 1.82) is 0 Å². The molecule has 3 aliphatic rings. The molecule has 0 spiro atoms.